The third-order valence-corrected chi connectivity index (χ3v) is 3.25. The lowest BCUT2D eigenvalue weighted by molar-refractivity contribution is 0.882. The van der Waals surface area contributed by atoms with Crippen molar-refractivity contribution in [3.8, 4) is 16.8 Å². The molecule has 2 N–H and O–H groups in total. The molecule has 0 aliphatic carbocycles. The maximum Gasteiger partial charge on any atom is 0.0723 e. The highest BCUT2D eigenvalue weighted by molar-refractivity contribution is 5.75. The summed E-state index contributed by atoms with van der Waals surface area (Å²) in [6.45, 7) is 2.01. The van der Waals surface area contributed by atoms with Gasteiger partial charge in [0, 0.05) is 23.6 Å². The summed E-state index contributed by atoms with van der Waals surface area (Å²) < 4.78 is 1.87. The number of aryl methyl sites for hydroxylation is 1. The van der Waals surface area contributed by atoms with Gasteiger partial charge in [0.05, 0.1) is 5.69 Å². The number of rotatable bonds is 2. The van der Waals surface area contributed by atoms with Gasteiger partial charge in [0.1, 0.15) is 0 Å². The molecule has 3 aromatic rings. The molecular weight excluding hydrogens is 234 g/mol. The standard InChI is InChI=1S/C16H15N3/c1-12-7-8-13(11-15(12)17)14-5-2-3-6-16(14)19-10-4-9-18-19/h2-11H,17H2,1H3. The van der Waals surface area contributed by atoms with E-state index >= 15 is 0 Å². The van der Waals surface area contributed by atoms with Crippen molar-refractivity contribution in [2.24, 2.45) is 0 Å². The van der Waals surface area contributed by atoms with E-state index in [4.69, 9.17) is 5.73 Å². The molecular formula is C16H15N3. The van der Waals surface area contributed by atoms with Crippen LogP contribution in [0.25, 0.3) is 16.8 Å². The Kier molecular flexibility index (Phi) is 2.80. The third kappa shape index (κ3) is 2.10. The van der Waals surface area contributed by atoms with Crippen LogP contribution in [0.4, 0.5) is 5.69 Å². The minimum atomic E-state index is 0.813. The van der Waals surface area contributed by atoms with Gasteiger partial charge in [-0.3, -0.25) is 0 Å². The molecule has 3 heteroatoms. The first-order chi connectivity index (χ1) is 9.25. The smallest absolute Gasteiger partial charge is 0.0723 e. The lowest BCUT2D eigenvalue weighted by Gasteiger charge is -2.11. The van der Waals surface area contributed by atoms with Gasteiger partial charge in [0.15, 0.2) is 0 Å². The van der Waals surface area contributed by atoms with E-state index in [1.807, 2.05) is 48.1 Å². The molecule has 0 spiro atoms. The van der Waals surface area contributed by atoms with Gasteiger partial charge < -0.3 is 5.73 Å². The molecule has 0 amide bonds. The van der Waals surface area contributed by atoms with Crippen LogP contribution in [0.2, 0.25) is 0 Å². The Morgan fingerprint density at radius 1 is 1.05 bits per heavy atom. The number of benzene rings is 2. The van der Waals surface area contributed by atoms with E-state index < -0.39 is 0 Å². The van der Waals surface area contributed by atoms with E-state index in [-0.39, 0.29) is 0 Å². The number of para-hydroxylation sites is 1. The number of nitrogens with two attached hydrogens (primary N) is 1. The largest absolute Gasteiger partial charge is 0.398 e. The van der Waals surface area contributed by atoms with Crippen molar-refractivity contribution < 1.29 is 0 Å². The van der Waals surface area contributed by atoms with Gasteiger partial charge in [0.25, 0.3) is 0 Å². The van der Waals surface area contributed by atoms with Crippen molar-refractivity contribution in [3.05, 3.63) is 66.5 Å². The van der Waals surface area contributed by atoms with E-state index in [2.05, 4.69) is 23.3 Å². The highest BCUT2D eigenvalue weighted by Crippen LogP contribution is 2.28. The van der Waals surface area contributed by atoms with E-state index in [1.165, 1.54) is 0 Å². The van der Waals surface area contributed by atoms with Crippen molar-refractivity contribution in [1.29, 1.82) is 0 Å². The Labute approximate surface area is 112 Å². The van der Waals surface area contributed by atoms with Crippen LogP contribution in [0.5, 0.6) is 0 Å². The second-order valence-electron chi connectivity index (χ2n) is 4.54. The molecule has 0 fully saturated rings. The Balaban J connectivity index is 2.17. The highest BCUT2D eigenvalue weighted by atomic mass is 15.3. The molecule has 19 heavy (non-hydrogen) atoms. The summed E-state index contributed by atoms with van der Waals surface area (Å²) in [6, 6.07) is 16.2. The second kappa shape index (κ2) is 4.61. The lowest BCUT2D eigenvalue weighted by atomic mass is 10.0. The first kappa shape index (κ1) is 11.5. The van der Waals surface area contributed by atoms with Gasteiger partial charge >= 0.3 is 0 Å². The Bertz CT molecular complexity index is 700. The fourth-order valence-electron chi connectivity index (χ4n) is 2.14. The maximum atomic E-state index is 6.00. The van der Waals surface area contributed by atoms with Crippen LogP contribution in [-0.2, 0) is 0 Å². The molecule has 0 atom stereocenters. The van der Waals surface area contributed by atoms with Crippen molar-refractivity contribution in [2.45, 2.75) is 6.92 Å². The highest BCUT2D eigenvalue weighted by Gasteiger charge is 2.07. The monoisotopic (exact) mass is 249 g/mol. The topological polar surface area (TPSA) is 43.8 Å². The number of nitrogens with zero attached hydrogens (tertiary/aromatic N) is 2. The predicted molar refractivity (Wildman–Crippen MR) is 78.1 cm³/mol. The molecule has 0 saturated heterocycles. The Hall–Kier alpha value is -2.55. The van der Waals surface area contributed by atoms with E-state index in [0.29, 0.717) is 0 Å². The number of hydrogen-bond donors (Lipinski definition) is 1. The zero-order valence-corrected chi connectivity index (χ0v) is 10.7. The molecule has 0 unspecified atom stereocenters. The molecule has 1 aromatic heterocycles. The summed E-state index contributed by atoms with van der Waals surface area (Å²) >= 11 is 0. The van der Waals surface area contributed by atoms with Crippen molar-refractivity contribution >= 4 is 5.69 Å². The van der Waals surface area contributed by atoms with Crippen LogP contribution in [-0.4, -0.2) is 9.78 Å². The van der Waals surface area contributed by atoms with Crippen LogP contribution in [0.15, 0.2) is 60.9 Å². The summed E-state index contributed by atoms with van der Waals surface area (Å²) in [5.41, 5.74) is 11.2. The Morgan fingerprint density at radius 2 is 1.89 bits per heavy atom. The fraction of sp³-hybridized carbons (Fsp3) is 0.0625. The average Bonchev–Trinajstić information content (AvgIpc) is 2.96. The summed E-state index contributed by atoms with van der Waals surface area (Å²) in [4.78, 5) is 0. The maximum absolute atomic E-state index is 6.00. The summed E-state index contributed by atoms with van der Waals surface area (Å²) in [7, 11) is 0. The average molecular weight is 249 g/mol. The lowest BCUT2D eigenvalue weighted by Crippen LogP contribution is -1.98. The minimum Gasteiger partial charge on any atom is -0.398 e. The first-order valence-electron chi connectivity index (χ1n) is 6.21. The molecule has 0 saturated carbocycles. The van der Waals surface area contributed by atoms with Gasteiger partial charge in [-0.05, 0) is 36.2 Å². The fourth-order valence-corrected chi connectivity index (χ4v) is 2.14. The van der Waals surface area contributed by atoms with E-state index in [9.17, 15) is 0 Å². The van der Waals surface area contributed by atoms with Gasteiger partial charge in [-0.25, -0.2) is 4.68 Å². The van der Waals surface area contributed by atoms with E-state index in [1.54, 1.807) is 6.20 Å². The molecule has 0 aliphatic rings. The van der Waals surface area contributed by atoms with Crippen molar-refractivity contribution in [3.63, 3.8) is 0 Å². The molecule has 0 radical (unpaired) electrons. The van der Waals surface area contributed by atoms with Gasteiger partial charge in [-0.15, -0.1) is 0 Å². The summed E-state index contributed by atoms with van der Waals surface area (Å²) in [5, 5.41) is 4.30. The van der Waals surface area contributed by atoms with Crippen LogP contribution in [0, 0.1) is 6.92 Å². The predicted octanol–water partition coefficient (Wildman–Crippen LogP) is 3.43. The summed E-state index contributed by atoms with van der Waals surface area (Å²) in [5.74, 6) is 0. The second-order valence-corrected chi connectivity index (χ2v) is 4.54. The molecule has 3 rings (SSSR count). The molecule has 0 bridgehead atoms. The first-order valence-corrected chi connectivity index (χ1v) is 6.21. The minimum absolute atomic E-state index is 0.813. The van der Waals surface area contributed by atoms with Crippen LogP contribution in [0.3, 0.4) is 0 Å². The Morgan fingerprint density at radius 3 is 2.63 bits per heavy atom. The number of nitrogen functional groups attached to an aromatic ring is 1. The number of anilines is 1. The van der Waals surface area contributed by atoms with Crippen LogP contribution < -0.4 is 5.73 Å². The molecule has 3 nitrogen and oxygen atoms in total. The molecule has 1 heterocycles. The van der Waals surface area contributed by atoms with Crippen LogP contribution >= 0.6 is 0 Å². The van der Waals surface area contributed by atoms with Crippen LogP contribution in [0.1, 0.15) is 5.56 Å². The van der Waals surface area contributed by atoms with Gasteiger partial charge in [-0.1, -0.05) is 30.3 Å². The third-order valence-electron chi connectivity index (χ3n) is 3.25. The molecule has 2 aromatic carbocycles. The van der Waals surface area contributed by atoms with Crippen molar-refractivity contribution in [1.82, 2.24) is 9.78 Å². The van der Waals surface area contributed by atoms with Gasteiger partial charge in [-0.2, -0.15) is 5.10 Å². The zero-order chi connectivity index (χ0) is 13.2. The normalized spacial score (nSPS) is 10.6. The summed E-state index contributed by atoms with van der Waals surface area (Å²) in [6.07, 6.45) is 3.72. The quantitative estimate of drug-likeness (QED) is 0.707. The van der Waals surface area contributed by atoms with Crippen molar-refractivity contribution in [2.75, 3.05) is 5.73 Å². The number of hydrogen-bond acceptors (Lipinski definition) is 2. The number of aromatic nitrogens is 2. The zero-order valence-electron chi connectivity index (χ0n) is 10.7. The van der Waals surface area contributed by atoms with E-state index in [0.717, 1.165) is 28.1 Å². The SMILES string of the molecule is Cc1ccc(-c2ccccc2-n2cccn2)cc1N. The molecule has 94 valence electrons. The molecule has 0 aliphatic heterocycles. The van der Waals surface area contributed by atoms with Gasteiger partial charge in [0.2, 0.25) is 0 Å².